The second-order valence-corrected chi connectivity index (χ2v) is 4.76. The van der Waals surface area contributed by atoms with Gasteiger partial charge >= 0.3 is 0 Å². The summed E-state index contributed by atoms with van der Waals surface area (Å²) in [6, 6.07) is 15.5. The maximum atomic E-state index is 9.89. The van der Waals surface area contributed by atoms with Crippen LogP contribution >= 0.6 is 0 Å². The molecule has 3 nitrogen and oxygen atoms in total. The number of nitrogens with zero attached hydrogens (tertiary/aromatic N) is 1. The van der Waals surface area contributed by atoms with E-state index in [9.17, 15) is 10.2 Å². The van der Waals surface area contributed by atoms with Crippen molar-refractivity contribution in [1.29, 1.82) is 0 Å². The van der Waals surface area contributed by atoms with Gasteiger partial charge in [0.25, 0.3) is 0 Å². The van der Waals surface area contributed by atoms with Crippen LogP contribution in [0.4, 0.5) is 5.69 Å². The van der Waals surface area contributed by atoms with Gasteiger partial charge in [0.1, 0.15) is 5.75 Å². The summed E-state index contributed by atoms with van der Waals surface area (Å²) >= 11 is 0. The first-order valence-corrected chi connectivity index (χ1v) is 6.34. The van der Waals surface area contributed by atoms with Gasteiger partial charge in [-0.15, -0.1) is 0 Å². The topological polar surface area (TPSA) is 43.7 Å². The van der Waals surface area contributed by atoms with E-state index in [1.807, 2.05) is 31.3 Å². The van der Waals surface area contributed by atoms with Gasteiger partial charge in [-0.1, -0.05) is 36.4 Å². The summed E-state index contributed by atoms with van der Waals surface area (Å²) in [7, 11) is 1.98. The molecule has 3 heteroatoms. The summed E-state index contributed by atoms with van der Waals surface area (Å²) in [4.78, 5) is 2.06. The molecule has 0 bridgehead atoms. The number of hydrogen-bond acceptors (Lipinski definition) is 3. The van der Waals surface area contributed by atoms with Crippen molar-refractivity contribution in [1.82, 2.24) is 0 Å². The summed E-state index contributed by atoms with van der Waals surface area (Å²) in [6.45, 7) is 2.41. The standard InChI is InChI=1S/C16H19NO2/c1-12(18)15-9-8-14(10-16(15)19)17(2)11-13-6-4-3-5-7-13/h3-10,12,18-19H,11H2,1-2H3. The number of anilines is 1. The van der Waals surface area contributed by atoms with E-state index >= 15 is 0 Å². The fourth-order valence-electron chi connectivity index (χ4n) is 2.07. The average Bonchev–Trinajstić information content (AvgIpc) is 2.39. The maximum Gasteiger partial charge on any atom is 0.123 e. The van der Waals surface area contributed by atoms with E-state index in [1.165, 1.54) is 5.56 Å². The third-order valence-corrected chi connectivity index (χ3v) is 3.17. The molecule has 2 aromatic rings. The lowest BCUT2D eigenvalue weighted by atomic mass is 10.1. The normalized spacial score (nSPS) is 12.2. The molecule has 0 saturated heterocycles. The number of phenolic OH excluding ortho intramolecular Hbond substituents is 1. The molecule has 0 aliphatic heterocycles. The highest BCUT2D eigenvalue weighted by Crippen LogP contribution is 2.29. The van der Waals surface area contributed by atoms with Crippen molar-refractivity contribution in [3.05, 3.63) is 59.7 Å². The van der Waals surface area contributed by atoms with E-state index in [-0.39, 0.29) is 5.75 Å². The van der Waals surface area contributed by atoms with E-state index in [0.717, 1.165) is 12.2 Å². The van der Waals surface area contributed by atoms with Gasteiger partial charge in [-0.3, -0.25) is 0 Å². The van der Waals surface area contributed by atoms with Crippen LogP contribution in [0.2, 0.25) is 0 Å². The molecule has 0 fully saturated rings. The molecule has 2 N–H and O–H groups in total. The Hall–Kier alpha value is -2.00. The first-order valence-electron chi connectivity index (χ1n) is 6.34. The number of rotatable bonds is 4. The van der Waals surface area contributed by atoms with Gasteiger partial charge in [0.15, 0.2) is 0 Å². The van der Waals surface area contributed by atoms with Gasteiger partial charge in [-0.2, -0.15) is 0 Å². The molecule has 0 radical (unpaired) electrons. The van der Waals surface area contributed by atoms with E-state index in [2.05, 4.69) is 17.0 Å². The molecule has 0 saturated carbocycles. The number of phenols is 1. The van der Waals surface area contributed by atoms with Crippen molar-refractivity contribution in [3.63, 3.8) is 0 Å². The second kappa shape index (κ2) is 5.76. The van der Waals surface area contributed by atoms with Crippen molar-refractivity contribution < 1.29 is 10.2 Å². The van der Waals surface area contributed by atoms with Crippen LogP contribution in [0.15, 0.2) is 48.5 Å². The lowest BCUT2D eigenvalue weighted by Gasteiger charge is -2.20. The summed E-state index contributed by atoms with van der Waals surface area (Å²) in [6.07, 6.45) is -0.659. The van der Waals surface area contributed by atoms with Crippen molar-refractivity contribution in [2.75, 3.05) is 11.9 Å². The zero-order valence-electron chi connectivity index (χ0n) is 11.2. The van der Waals surface area contributed by atoms with Crippen LogP contribution < -0.4 is 4.90 Å². The number of hydrogen-bond donors (Lipinski definition) is 2. The minimum Gasteiger partial charge on any atom is -0.507 e. The van der Waals surface area contributed by atoms with Gasteiger partial charge < -0.3 is 15.1 Å². The molecule has 2 aromatic carbocycles. The Balaban J connectivity index is 2.16. The van der Waals surface area contributed by atoms with Crippen LogP contribution in [-0.2, 0) is 6.54 Å². The number of aromatic hydroxyl groups is 1. The minimum atomic E-state index is -0.659. The molecule has 100 valence electrons. The van der Waals surface area contributed by atoms with Crippen LogP contribution in [0.5, 0.6) is 5.75 Å². The monoisotopic (exact) mass is 257 g/mol. The fraction of sp³-hybridized carbons (Fsp3) is 0.250. The number of benzene rings is 2. The lowest BCUT2D eigenvalue weighted by Crippen LogP contribution is -2.16. The van der Waals surface area contributed by atoms with Gasteiger partial charge in [-0.25, -0.2) is 0 Å². The fourth-order valence-corrected chi connectivity index (χ4v) is 2.07. The molecular weight excluding hydrogens is 238 g/mol. The first-order chi connectivity index (χ1) is 9.08. The number of aliphatic hydroxyl groups excluding tert-OH is 1. The molecule has 0 amide bonds. The molecule has 0 aliphatic carbocycles. The highest BCUT2D eigenvalue weighted by Gasteiger charge is 2.10. The molecule has 1 unspecified atom stereocenters. The first kappa shape index (κ1) is 13.4. The van der Waals surface area contributed by atoms with Crippen molar-refractivity contribution in [2.45, 2.75) is 19.6 Å². The highest BCUT2D eigenvalue weighted by atomic mass is 16.3. The minimum absolute atomic E-state index is 0.132. The predicted octanol–water partition coefficient (Wildman–Crippen LogP) is 3.08. The van der Waals surface area contributed by atoms with E-state index in [0.29, 0.717) is 5.56 Å². The largest absolute Gasteiger partial charge is 0.507 e. The quantitative estimate of drug-likeness (QED) is 0.884. The molecule has 0 spiro atoms. The van der Waals surface area contributed by atoms with E-state index in [1.54, 1.807) is 19.1 Å². The summed E-state index contributed by atoms with van der Waals surface area (Å²) in [5, 5.41) is 19.4. The van der Waals surface area contributed by atoms with Crippen LogP contribution in [0.3, 0.4) is 0 Å². The van der Waals surface area contributed by atoms with Crippen molar-refractivity contribution in [3.8, 4) is 5.75 Å². The molecule has 0 heterocycles. The Kier molecular flexibility index (Phi) is 4.07. The van der Waals surface area contributed by atoms with Gasteiger partial charge in [0.05, 0.1) is 6.10 Å². The third kappa shape index (κ3) is 3.26. The average molecular weight is 257 g/mol. The lowest BCUT2D eigenvalue weighted by molar-refractivity contribution is 0.195. The molecule has 19 heavy (non-hydrogen) atoms. The van der Waals surface area contributed by atoms with Gasteiger partial charge in [0.2, 0.25) is 0 Å². The second-order valence-electron chi connectivity index (χ2n) is 4.76. The Morgan fingerprint density at radius 3 is 2.37 bits per heavy atom. The summed E-state index contributed by atoms with van der Waals surface area (Å²) in [5.74, 6) is 0.132. The molecular formula is C16H19NO2. The SMILES string of the molecule is CC(O)c1ccc(N(C)Cc2ccccc2)cc1O. The molecule has 1 atom stereocenters. The van der Waals surface area contributed by atoms with Crippen LogP contribution in [0.1, 0.15) is 24.2 Å². The summed E-state index contributed by atoms with van der Waals surface area (Å²) in [5.41, 5.74) is 2.69. The van der Waals surface area contributed by atoms with Crippen molar-refractivity contribution >= 4 is 5.69 Å². The zero-order valence-corrected chi connectivity index (χ0v) is 11.2. The Labute approximate surface area is 113 Å². The van der Waals surface area contributed by atoms with Gasteiger partial charge in [0, 0.05) is 30.9 Å². The highest BCUT2D eigenvalue weighted by molar-refractivity contribution is 5.53. The van der Waals surface area contributed by atoms with Gasteiger partial charge in [-0.05, 0) is 18.6 Å². The molecule has 2 rings (SSSR count). The Morgan fingerprint density at radius 2 is 1.79 bits per heavy atom. The Morgan fingerprint density at radius 1 is 1.11 bits per heavy atom. The van der Waals surface area contributed by atoms with Crippen molar-refractivity contribution in [2.24, 2.45) is 0 Å². The smallest absolute Gasteiger partial charge is 0.123 e. The van der Waals surface area contributed by atoms with E-state index in [4.69, 9.17) is 0 Å². The maximum absolute atomic E-state index is 9.89. The predicted molar refractivity (Wildman–Crippen MR) is 77.3 cm³/mol. The zero-order chi connectivity index (χ0) is 13.8. The summed E-state index contributed by atoms with van der Waals surface area (Å²) < 4.78 is 0. The van der Waals surface area contributed by atoms with E-state index < -0.39 is 6.10 Å². The molecule has 0 aromatic heterocycles. The van der Waals surface area contributed by atoms with Crippen LogP contribution in [-0.4, -0.2) is 17.3 Å². The van der Waals surface area contributed by atoms with Crippen LogP contribution in [0.25, 0.3) is 0 Å². The third-order valence-electron chi connectivity index (χ3n) is 3.17. The number of aliphatic hydroxyl groups is 1. The Bertz CT molecular complexity index is 538. The molecule has 0 aliphatic rings. The van der Waals surface area contributed by atoms with Crippen LogP contribution in [0, 0.1) is 0 Å².